The molecule has 6 rings (SSSR count). The molecule has 11 heteroatoms. The second kappa shape index (κ2) is 14.7. The van der Waals surface area contributed by atoms with Gasteiger partial charge in [-0.15, -0.1) is 0 Å². The molecule has 0 bridgehead atoms. The maximum Gasteiger partial charge on any atom is 0.336 e. The van der Waals surface area contributed by atoms with Crippen LogP contribution < -0.4 is 19.7 Å². The highest BCUT2D eigenvalue weighted by Gasteiger charge is 2.31. The van der Waals surface area contributed by atoms with Crippen molar-refractivity contribution in [2.24, 2.45) is 5.92 Å². The Morgan fingerprint density at radius 1 is 0.792 bits per heavy atom. The normalized spacial score (nSPS) is 15.6. The molecule has 0 radical (unpaired) electrons. The zero-order valence-corrected chi connectivity index (χ0v) is 25.9. The highest BCUT2D eigenvalue weighted by atomic mass is 16.6. The van der Waals surface area contributed by atoms with Gasteiger partial charge in [0.2, 0.25) is 0 Å². The van der Waals surface area contributed by atoms with Crippen LogP contribution in [0.3, 0.4) is 0 Å². The summed E-state index contributed by atoms with van der Waals surface area (Å²) in [6.07, 6.45) is 6.35. The van der Waals surface area contributed by atoms with Crippen molar-refractivity contribution in [3.05, 3.63) is 126 Å². The predicted octanol–water partition coefficient (Wildman–Crippen LogP) is 4.96. The number of benzene rings is 3. The molecule has 242 valence electrons. The number of nitrogens with zero attached hydrogens (tertiary/aromatic N) is 3. The van der Waals surface area contributed by atoms with Crippen molar-refractivity contribution in [2.75, 3.05) is 36.4 Å². The van der Waals surface area contributed by atoms with Crippen LogP contribution in [0, 0.1) is 5.92 Å². The third-order valence-electron chi connectivity index (χ3n) is 8.25. The Balaban J connectivity index is 1.25. The molecule has 3 aromatic carbocycles. The Hall–Kier alpha value is -5.94. The van der Waals surface area contributed by atoms with Gasteiger partial charge in [0.25, 0.3) is 11.8 Å². The SMILES string of the molecule is O=C1/C=C/C(=O)Oc2c(C(=O)N(CCN3CCC(C(=O)c4ccccc4)CC3)c3cccnc3)ccc(NC(=O)c3ccccc3)c2O1. The molecule has 2 amide bonds. The van der Waals surface area contributed by atoms with Gasteiger partial charge in [0.1, 0.15) is 0 Å². The van der Waals surface area contributed by atoms with E-state index >= 15 is 0 Å². The summed E-state index contributed by atoms with van der Waals surface area (Å²) in [5, 5.41) is 2.69. The van der Waals surface area contributed by atoms with Crippen LogP contribution in [0.25, 0.3) is 0 Å². The molecule has 1 fully saturated rings. The highest BCUT2D eigenvalue weighted by molar-refractivity contribution is 6.12. The van der Waals surface area contributed by atoms with Crippen LogP contribution in [-0.2, 0) is 9.59 Å². The quantitative estimate of drug-likeness (QED) is 0.152. The van der Waals surface area contributed by atoms with Gasteiger partial charge in [-0.25, -0.2) is 9.59 Å². The number of aromatic nitrogens is 1. The molecule has 2 aliphatic rings. The molecule has 1 saturated heterocycles. The number of fused-ring (bicyclic) bond motifs is 1. The third kappa shape index (κ3) is 7.37. The number of esters is 2. The number of Topliss-reactive ketones (excluding diaryl/α,β-unsaturated/α-hetero) is 1. The van der Waals surface area contributed by atoms with Crippen LogP contribution in [0.5, 0.6) is 11.5 Å². The topological polar surface area (TPSA) is 135 Å². The fraction of sp³-hybridized carbons (Fsp3) is 0.189. The zero-order chi connectivity index (χ0) is 33.5. The lowest BCUT2D eigenvalue weighted by Crippen LogP contribution is -2.43. The molecule has 0 atom stereocenters. The Kier molecular flexibility index (Phi) is 9.77. The number of rotatable bonds is 9. The van der Waals surface area contributed by atoms with Gasteiger partial charge in [0.15, 0.2) is 17.3 Å². The monoisotopic (exact) mass is 644 g/mol. The predicted molar refractivity (Wildman–Crippen MR) is 177 cm³/mol. The van der Waals surface area contributed by atoms with E-state index < -0.39 is 23.8 Å². The van der Waals surface area contributed by atoms with Gasteiger partial charge < -0.3 is 24.6 Å². The summed E-state index contributed by atoms with van der Waals surface area (Å²) in [5.74, 6) is -3.31. The number of ketones is 1. The average molecular weight is 645 g/mol. The van der Waals surface area contributed by atoms with E-state index in [0.717, 1.165) is 12.2 Å². The van der Waals surface area contributed by atoms with E-state index in [1.54, 1.807) is 54.9 Å². The molecule has 4 aromatic rings. The summed E-state index contributed by atoms with van der Waals surface area (Å²) in [5.41, 5.74) is 1.53. The van der Waals surface area contributed by atoms with Gasteiger partial charge in [-0.05, 0) is 62.3 Å². The lowest BCUT2D eigenvalue weighted by atomic mass is 9.89. The van der Waals surface area contributed by atoms with Crippen molar-refractivity contribution in [3.8, 4) is 11.5 Å². The fourth-order valence-electron chi connectivity index (χ4n) is 5.73. The Bertz CT molecular complexity index is 1860. The number of pyridine rings is 1. The van der Waals surface area contributed by atoms with E-state index in [-0.39, 0.29) is 41.0 Å². The smallest absolute Gasteiger partial charge is 0.336 e. The maximum absolute atomic E-state index is 14.3. The molecule has 0 saturated carbocycles. The van der Waals surface area contributed by atoms with Gasteiger partial charge in [0, 0.05) is 48.5 Å². The van der Waals surface area contributed by atoms with Gasteiger partial charge in [-0.1, -0.05) is 48.5 Å². The first kappa shape index (κ1) is 32.0. The molecular formula is C37H32N4O7. The maximum atomic E-state index is 14.3. The fourth-order valence-corrected chi connectivity index (χ4v) is 5.73. The number of hydrogen-bond acceptors (Lipinski definition) is 9. The summed E-state index contributed by atoms with van der Waals surface area (Å²) < 4.78 is 11.1. The summed E-state index contributed by atoms with van der Waals surface area (Å²) >= 11 is 0. The number of amides is 2. The largest absolute Gasteiger partial charge is 0.418 e. The van der Waals surface area contributed by atoms with E-state index in [0.29, 0.717) is 49.3 Å². The number of piperidine rings is 1. The summed E-state index contributed by atoms with van der Waals surface area (Å²) in [4.78, 5) is 73.4. The number of likely N-dealkylation sites (tertiary alicyclic amines) is 1. The number of anilines is 2. The molecule has 2 aliphatic heterocycles. The Labute approximate surface area is 276 Å². The number of nitrogens with one attached hydrogen (secondary N) is 1. The van der Waals surface area contributed by atoms with Crippen molar-refractivity contribution < 1.29 is 33.4 Å². The standard InChI is InChI=1S/C37H32N4O7/c42-31-15-16-32(43)48-35-30(39-36(45)27-10-5-2-6-11-27)14-13-29(34(35)47-31)37(46)41(28-12-7-19-38-24-28)23-22-40-20-17-26(18-21-40)33(44)25-8-3-1-4-9-25/h1-16,19,24,26H,17-18,20-23H2,(H,39,45)/b16-15+. The van der Waals surface area contributed by atoms with Crippen molar-refractivity contribution >= 4 is 40.9 Å². The third-order valence-corrected chi connectivity index (χ3v) is 8.25. The number of hydrogen-bond donors (Lipinski definition) is 1. The molecule has 1 aromatic heterocycles. The summed E-state index contributed by atoms with van der Waals surface area (Å²) in [6, 6.07) is 24.0. The number of carbonyl (C=O) groups excluding carboxylic acids is 5. The molecule has 0 spiro atoms. The minimum atomic E-state index is -0.894. The van der Waals surface area contributed by atoms with E-state index in [2.05, 4.69) is 15.2 Å². The number of ether oxygens (including phenoxy) is 2. The van der Waals surface area contributed by atoms with Crippen LogP contribution in [0.4, 0.5) is 11.4 Å². The van der Waals surface area contributed by atoms with Crippen molar-refractivity contribution in [1.29, 1.82) is 0 Å². The first-order chi connectivity index (χ1) is 23.4. The Morgan fingerprint density at radius 2 is 1.44 bits per heavy atom. The molecular weight excluding hydrogens is 612 g/mol. The van der Waals surface area contributed by atoms with E-state index in [9.17, 15) is 24.0 Å². The minimum absolute atomic E-state index is 0.0349. The lowest BCUT2D eigenvalue weighted by molar-refractivity contribution is -0.133. The van der Waals surface area contributed by atoms with Gasteiger partial charge in [-0.2, -0.15) is 0 Å². The molecule has 3 heterocycles. The first-order valence-electron chi connectivity index (χ1n) is 15.6. The zero-order valence-electron chi connectivity index (χ0n) is 25.9. The lowest BCUT2D eigenvalue weighted by Gasteiger charge is -2.33. The Morgan fingerprint density at radius 3 is 2.08 bits per heavy atom. The second-order valence-corrected chi connectivity index (χ2v) is 11.3. The second-order valence-electron chi connectivity index (χ2n) is 11.3. The summed E-state index contributed by atoms with van der Waals surface area (Å²) in [6.45, 7) is 2.11. The van der Waals surface area contributed by atoms with Gasteiger partial charge >= 0.3 is 11.9 Å². The van der Waals surface area contributed by atoms with Crippen molar-refractivity contribution in [3.63, 3.8) is 0 Å². The average Bonchev–Trinajstić information content (AvgIpc) is 3.12. The highest BCUT2D eigenvalue weighted by Crippen LogP contribution is 2.41. The molecule has 11 nitrogen and oxygen atoms in total. The van der Waals surface area contributed by atoms with Crippen LogP contribution >= 0.6 is 0 Å². The van der Waals surface area contributed by atoms with Crippen LogP contribution in [0.1, 0.15) is 43.9 Å². The van der Waals surface area contributed by atoms with Gasteiger partial charge in [-0.3, -0.25) is 19.4 Å². The first-order valence-corrected chi connectivity index (χ1v) is 15.6. The number of carbonyl (C=O) groups is 5. The minimum Gasteiger partial charge on any atom is -0.418 e. The molecule has 48 heavy (non-hydrogen) atoms. The van der Waals surface area contributed by atoms with Crippen molar-refractivity contribution in [2.45, 2.75) is 12.8 Å². The van der Waals surface area contributed by atoms with E-state index in [4.69, 9.17) is 9.47 Å². The summed E-state index contributed by atoms with van der Waals surface area (Å²) in [7, 11) is 0. The van der Waals surface area contributed by atoms with Crippen molar-refractivity contribution in [1.82, 2.24) is 9.88 Å². The molecule has 0 aliphatic carbocycles. The van der Waals surface area contributed by atoms with Crippen LogP contribution in [-0.4, -0.2) is 65.6 Å². The molecule has 1 N–H and O–H groups in total. The van der Waals surface area contributed by atoms with Crippen LogP contribution in [0.2, 0.25) is 0 Å². The van der Waals surface area contributed by atoms with E-state index in [1.807, 2.05) is 30.3 Å². The van der Waals surface area contributed by atoms with E-state index in [1.165, 1.54) is 17.0 Å². The van der Waals surface area contributed by atoms with Gasteiger partial charge in [0.05, 0.1) is 23.1 Å². The van der Waals surface area contributed by atoms with Crippen LogP contribution in [0.15, 0.2) is 109 Å². The molecule has 0 unspecified atom stereocenters.